The fraction of sp³-hybridized carbons (Fsp3) is 0.273. The Morgan fingerprint density at radius 2 is 1.87 bits per heavy atom. The smallest absolute Gasteiger partial charge is 0.412 e. The normalized spacial score (nSPS) is 12.8. The Hall–Kier alpha value is -3.01. The largest absolute Gasteiger partial charge is 0.491 e. The molecule has 0 heterocycles. The first-order chi connectivity index (χ1) is 15.0. The van der Waals surface area contributed by atoms with Crippen LogP contribution in [-0.4, -0.2) is 41.8 Å². The first-order valence-corrected chi connectivity index (χ1v) is 10.8. The van der Waals surface area contributed by atoms with Crippen LogP contribution in [0.2, 0.25) is 0 Å². The highest BCUT2D eigenvalue weighted by Crippen LogP contribution is 2.34. The fourth-order valence-corrected chi connectivity index (χ4v) is 3.18. The van der Waals surface area contributed by atoms with Crippen molar-refractivity contribution in [1.82, 2.24) is 5.48 Å². The van der Waals surface area contributed by atoms with Crippen LogP contribution in [-0.2, 0) is 9.53 Å². The van der Waals surface area contributed by atoms with Gasteiger partial charge in [-0.05, 0) is 36.6 Å². The molecule has 0 aliphatic heterocycles. The van der Waals surface area contributed by atoms with Crippen LogP contribution >= 0.6 is 11.8 Å². The average molecular weight is 447 g/mol. The number of amides is 2. The number of aliphatic hydroxyl groups excluding tert-OH is 1. The number of rotatable bonds is 10. The molecule has 0 saturated carbocycles. The number of hydroxylamine groups is 1. The van der Waals surface area contributed by atoms with Crippen LogP contribution in [0.1, 0.15) is 18.6 Å². The molecule has 2 amide bonds. The number of aliphatic hydroxyl groups is 1. The predicted molar refractivity (Wildman–Crippen MR) is 118 cm³/mol. The Kier molecular flexibility index (Phi) is 9.89. The van der Waals surface area contributed by atoms with Gasteiger partial charge in [0.2, 0.25) is 0 Å². The van der Waals surface area contributed by atoms with Gasteiger partial charge in [0.05, 0.1) is 6.61 Å². The van der Waals surface area contributed by atoms with E-state index in [0.29, 0.717) is 17.0 Å². The van der Waals surface area contributed by atoms with Gasteiger partial charge in [-0.1, -0.05) is 31.2 Å². The Morgan fingerprint density at radius 3 is 2.52 bits per heavy atom. The molecule has 0 unspecified atom stereocenters. The molecule has 166 valence electrons. The Labute approximate surface area is 185 Å². The van der Waals surface area contributed by atoms with Gasteiger partial charge in [0.15, 0.2) is 0 Å². The van der Waals surface area contributed by atoms with Crippen LogP contribution < -0.4 is 15.5 Å². The maximum absolute atomic E-state index is 12.6. The lowest BCUT2D eigenvalue weighted by Crippen LogP contribution is -2.22. The predicted octanol–water partition coefficient (Wildman–Crippen LogP) is 3.77. The quantitative estimate of drug-likeness (QED) is 0.190. The summed E-state index contributed by atoms with van der Waals surface area (Å²) < 4.78 is 11.3. The van der Waals surface area contributed by atoms with Gasteiger partial charge in [0.1, 0.15) is 18.5 Å². The van der Waals surface area contributed by atoms with Crippen LogP contribution in [0.3, 0.4) is 0 Å². The molecule has 0 saturated heterocycles. The van der Waals surface area contributed by atoms with E-state index in [1.807, 2.05) is 18.4 Å². The number of nitrogens with one attached hydrogen (secondary N) is 2. The number of anilines is 1. The zero-order valence-electron chi connectivity index (χ0n) is 17.3. The number of ether oxygens (including phenoxy) is 2. The number of carbonyl (C=O) groups is 2. The second-order valence-corrected chi connectivity index (χ2v) is 7.36. The highest BCUT2D eigenvalue weighted by Gasteiger charge is 2.25. The van der Waals surface area contributed by atoms with E-state index >= 15 is 0 Å². The van der Waals surface area contributed by atoms with Gasteiger partial charge >= 0.3 is 6.09 Å². The highest BCUT2D eigenvalue weighted by atomic mass is 32.2. The van der Waals surface area contributed by atoms with E-state index in [1.54, 1.807) is 55.1 Å². The van der Waals surface area contributed by atoms with Crippen LogP contribution in [0.15, 0.2) is 65.6 Å². The van der Waals surface area contributed by atoms with E-state index in [1.165, 1.54) is 11.6 Å². The minimum Gasteiger partial charge on any atom is -0.491 e. The van der Waals surface area contributed by atoms with Gasteiger partial charge in [-0.15, -0.1) is 11.8 Å². The van der Waals surface area contributed by atoms with Crippen LogP contribution in [0.5, 0.6) is 5.75 Å². The molecule has 2 atom stereocenters. The molecule has 4 N–H and O–H groups in total. The average Bonchev–Trinajstić information content (AvgIpc) is 2.80. The summed E-state index contributed by atoms with van der Waals surface area (Å²) >= 11 is 1.59. The molecule has 0 aromatic heterocycles. The zero-order chi connectivity index (χ0) is 22.6. The minimum atomic E-state index is -0.803. The Morgan fingerprint density at radius 1 is 1.16 bits per heavy atom. The second kappa shape index (κ2) is 12.6. The van der Waals surface area contributed by atoms with Crippen molar-refractivity contribution < 1.29 is 29.4 Å². The zero-order valence-corrected chi connectivity index (χ0v) is 18.1. The Bertz CT molecular complexity index is 888. The van der Waals surface area contributed by atoms with Crippen molar-refractivity contribution >= 4 is 29.4 Å². The standard InChI is InChI=1S/C22H26N2O6S/c1-15(7-12-20(26)24-28)21(18-5-3-4-6-19(18)29-14-13-25)30-22(27)23-16-8-10-17(31-2)11-9-16/h3-12,15,21,25,28H,13-14H2,1-2H3,(H,23,27)(H,24,26)/b12-7+/t15-,21-/m0/s1. The summed E-state index contributed by atoms with van der Waals surface area (Å²) in [6.45, 7) is 1.67. The molecule has 2 aromatic carbocycles. The molecule has 2 rings (SSSR count). The molecule has 2 aromatic rings. The van der Waals surface area contributed by atoms with Gasteiger partial charge in [-0.25, -0.2) is 10.3 Å². The summed E-state index contributed by atoms with van der Waals surface area (Å²) in [4.78, 5) is 25.1. The molecule has 0 bridgehead atoms. The number of hydrogen-bond donors (Lipinski definition) is 4. The lowest BCUT2D eigenvalue weighted by molar-refractivity contribution is -0.124. The van der Waals surface area contributed by atoms with Gasteiger partial charge in [-0.2, -0.15) is 0 Å². The summed E-state index contributed by atoms with van der Waals surface area (Å²) in [6, 6.07) is 14.3. The third kappa shape index (κ3) is 7.63. The van der Waals surface area contributed by atoms with Crippen molar-refractivity contribution in [1.29, 1.82) is 0 Å². The van der Waals surface area contributed by atoms with E-state index in [0.717, 1.165) is 11.0 Å². The van der Waals surface area contributed by atoms with Gasteiger partial charge in [-0.3, -0.25) is 15.3 Å². The van der Waals surface area contributed by atoms with Crippen molar-refractivity contribution in [3.8, 4) is 5.75 Å². The molecule has 31 heavy (non-hydrogen) atoms. The van der Waals surface area contributed by atoms with Gasteiger partial charge < -0.3 is 14.6 Å². The molecule has 0 aliphatic rings. The molecule has 0 fully saturated rings. The molecule has 8 nitrogen and oxygen atoms in total. The maximum atomic E-state index is 12.6. The summed E-state index contributed by atoms with van der Waals surface area (Å²) in [5, 5.41) is 20.5. The van der Waals surface area contributed by atoms with E-state index in [9.17, 15) is 9.59 Å². The van der Waals surface area contributed by atoms with E-state index in [4.69, 9.17) is 19.8 Å². The molecule has 0 spiro atoms. The monoisotopic (exact) mass is 446 g/mol. The molecule has 0 aliphatic carbocycles. The van der Waals surface area contributed by atoms with Crippen molar-refractivity contribution in [2.75, 3.05) is 24.8 Å². The topological polar surface area (TPSA) is 117 Å². The summed E-state index contributed by atoms with van der Waals surface area (Å²) in [5.41, 5.74) is 2.67. The third-order valence-corrected chi connectivity index (χ3v) is 5.03. The van der Waals surface area contributed by atoms with Crippen molar-refractivity contribution in [2.45, 2.75) is 17.9 Å². The maximum Gasteiger partial charge on any atom is 0.412 e. The number of thioether (sulfide) groups is 1. The number of hydrogen-bond acceptors (Lipinski definition) is 7. The van der Waals surface area contributed by atoms with E-state index in [2.05, 4.69) is 5.32 Å². The minimum absolute atomic E-state index is 0.0782. The Balaban J connectivity index is 2.25. The summed E-state index contributed by atoms with van der Waals surface area (Å²) in [7, 11) is 0. The van der Waals surface area contributed by atoms with Crippen LogP contribution in [0, 0.1) is 5.92 Å². The molecule has 9 heteroatoms. The lowest BCUT2D eigenvalue weighted by atomic mass is 9.96. The van der Waals surface area contributed by atoms with Crippen LogP contribution in [0.25, 0.3) is 0 Å². The fourth-order valence-electron chi connectivity index (χ4n) is 2.77. The highest BCUT2D eigenvalue weighted by molar-refractivity contribution is 7.98. The van der Waals surface area contributed by atoms with Crippen molar-refractivity contribution in [3.05, 3.63) is 66.2 Å². The molecule has 0 radical (unpaired) electrons. The first kappa shape index (κ1) is 24.3. The number of benzene rings is 2. The molecular formula is C22H26N2O6S. The summed E-state index contributed by atoms with van der Waals surface area (Å²) in [6.07, 6.45) is 3.15. The van der Waals surface area contributed by atoms with Crippen molar-refractivity contribution in [3.63, 3.8) is 0 Å². The first-order valence-electron chi connectivity index (χ1n) is 9.55. The van der Waals surface area contributed by atoms with Gasteiger partial charge in [0, 0.05) is 28.1 Å². The second-order valence-electron chi connectivity index (χ2n) is 6.48. The van der Waals surface area contributed by atoms with Crippen LogP contribution in [0.4, 0.5) is 10.5 Å². The summed E-state index contributed by atoms with van der Waals surface area (Å²) in [5.74, 6) is -0.694. The molecular weight excluding hydrogens is 420 g/mol. The SMILES string of the molecule is CSc1ccc(NC(=O)O[C@H](c2ccccc2OCCO)[C@@H](C)/C=C/C(=O)NO)cc1. The van der Waals surface area contributed by atoms with Gasteiger partial charge in [0.25, 0.3) is 5.91 Å². The third-order valence-electron chi connectivity index (χ3n) is 4.28. The lowest BCUT2D eigenvalue weighted by Gasteiger charge is -2.24. The van der Waals surface area contributed by atoms with E-state index in [-0.39, 0.29) is 13.2 Å². The van der Waals surface area contributed by atoms with Crippen molar-refractivity contribution in [2.24, 2.45) is 5.92 Å². The van der Waals surface area contributed by atoms with E-state index < -0.39 is 24.0 Å². The number of carbonyl (C=O) groups excluding carboxylic acids is 2. The number of para-hydroxylation sites is 1.